The number of thiophene rings is 1. The number of aryl methyl sites for hydroxylation is 2. The number of hydrogen-bond donors (Lipinski definition) is 0. The topological polar surface area (TPSA) is 49.9 Å². The van der Waals surface area contributed by atoms with E-state index in [2.05, 4.69) is 6.92 Å². The van der Waals surface area contributed by atoms with Crippen LogP contribution in [0.5, 0.6) is 0 Å². The number of nitrogens with zero attached hydrogens (tertiary/aromatic N) is 2. The van der Waals surface area contributed by atoms with Gasteiger partial charge in [0.1, 0.15) is 0 Å². The number of benzene rings is 1. The van der Waals surface area contributed by atoms with Gasteiger partial charge in [-0.1, -0.05) is 6.07 Å². The molecule has 2 aromatic rings. The number of carbonyl (C=O) groups is 2. The summed E-state index contributed by atoms with van der Waals surface area (Å²) in [5.41, 5.74) is 4.33. The normalized spacial score (nSPS) is 16.8. The van der Waals surface area contributed by atoms with Crippen molar-refractivity contribution in [1.82, 2.24) is 4.90 Å². The van der Waals surface area contributed by atoms with Crippen molar-refractivity contribution in [3.05, 3.63) is 51.7 Å². The van der Waals surface area contributed by atoms with Crippen molar-refractivity contribution in [3.63, 3.8) is 0 Å². The number of hydrogen-bond acceptors (Lipinski definition) is 4. The van der Waals surface area contributed by atoms with Gasteiger partial charge in [-0.3, -0.25) is 9.59 Å². The summed E-state index contributed by atoms with van der Waals surface area (Å²) in [6, 6.07) is 8.03. The molecule has 0 aliphatic carbocycles. The average molecular weight is 387 g/mol. The molecule has 0 saturated carbocycles. The molecule has 144 valence electrons. The Balaban J connectivity index is 1.72. The molecule has 0 radical (unpaired) electrons. The monoisotopic (exact) mass is 386 g/mol. The third-order valence-corrected chi connectivity index (χ3v) is 5.84. The van der Waals surface area contributed by atoms with Crippen molar-refractivity contribution < 1.29 is 14.3 Å². The van der Waals surface area contributed by atoms with Crippen LogP contribution in [0.4, 0.5) is 5.69 Å². The van der Waals surface area contributed by atoms with Crippen molar-refractivity contribution in [2.24, 2.45) is 5.92 Å². The first-order valence-corrected chi connectivity index (χ1v) is 10.1. The largest absolute Gasteiger partial charge is 0.383 e. The van der Waals surface area contributed by atoms with Crippen molar-refractivity contribution in [3.8, 4) is 0 Å². The second-order valence-electron chi connectivity index (χ2n) is 7.06. The van der Waals surface area contributed by atoms with Crippen LogP contribution in [0, 0.1) is 19.8 Å². The lowest BCUT2D eigenvalue weighted by Crippen LogP contribution is -2.39. The van der Waals surface area contributed by atoms with E-state index in [0.29, 0.717) is 26.2 Å². The first-order chi connectivity index (χ1) is 13.0. The lowest BCUT2D eigenvalue weighted by molar-refractivity contribution is -0.137. The van der Waals surface area contributed by atoms with E-state index < -0.39 is 0 Å². The predicted molar refractivity (Wildman–Crippen MR) is 108 cm³/mol. The minimum Gasteiger partial charge on any atom is -0.383 e. The summed E-state index contributed by atoms with van der Waals surface area (Å²) < 4.78 is 5.17. The Labute approximate surface area is 164 Å². The minimum absolute atomic E-state index is 0.0128. The van der Waals surface area contributed by atoms with Gasteiger partial charge in [0.15, 0.2) is 0 Å². The quantitative estimate of drug-likeness (QED) is 0.733. The molecule has 2 heterocycles. The summed E-state index contributed by atoms with van der Waals surface area (Å²) in [7, 11) is 1.63. The number of ether oxygens (including phenoxy) is 1. The summed E-state index contributed by atoms with van der Waals surface area (Å²) in [4.78, 5) is 29.2. The molecule has 1 unspecified atom stereocenters. The zero-order valence-electron chi connectivity index (χ0n) is 16.1. The fourth-order valence-corrected chi connectivity index (χ4v) is 4.01. The first kappa shape index (κ1) is 19.6. The van der Waals surface area contributed by atoms with Crippen LogP contribution < -0.4 is 4.90 Å². The van der Waals surface area contributed by atoms with Gasteiger partial charge in [-0.2, -0.15) is 11.3 Å². The summed E-state index contributed by atoms with van der Waals surface area (Å²) in [5.74, 6) is -0.272. The van der Waals surface area contributed by atoms with Gasteiger partial charge in [-0.05, 0) is 59.5 Å². The van der Waals surface area contributed by atoms with Crippen LogP contribution in [-0.4, -0.2) is 43.5 Å². The predicted octanol–water partition coefficient (Wildman–Crippen LogP) is 3.39. The standard InChI is InChI=1S/C21H26N2O3S/c1-15-4-5-19(10-16(15)2)23-13-18(11-20(23)24)21(25)22(7-8-26-3)12-17-6-9-27-14-17/h4-6,9-10,14,18H,7-8,11-13H2,1-3H3. The van der Waals surface area contributed by atoms with Gasteiger partial charge in [-0.25, -0.2) is 0 Å². The molecule has 1 aliphatic heterocycles. The molecule has 5 nitrogen and oxygen atoms in total. The summed E-state index contributed by atoms with van der Waals surface area (Å²) in [5, 5.41) is 4.06. The van der Waals surface area contributed by atoms with Crippen LogP contribution in [0.2, 0.25) is 0 Å². The summed E-state index contributed by atoms with van der Waals surface area (Å²) in [6.45, 7) is 6.09. The van der Waals surface area contributed by atoms with Crippen LogP contribution in [0.25, 0.3) is 0 Å². The molecule has 1 fully saturated rings. The second-order valence-corrected chi connectivity index (χ2v) is 7.84. The molecule has 2 amide bonds. The van der Waals surface area contributed by atoms with E-state index in [1.165, 1.54) is 5.56 Å². The Hall–Kier alpha value is -2.18. The highest BCUT2D eigenvalue weighted by molar-refractivity contribution is 7.07. The molecule has 0 bridgehead atoms. The maximum Gasteiger partial charge on any atom is 0.228 e. The molecular formula is C21H26N2O3S. The lowest BCUT2D eigenvalue weighted by Gasteiger charge is -2.25. The van der Waals surface area contributed by atoms with E-state index in [1.54, 1.807) is 23.3 Å². The molecule has 1 aromatic carbocycles. The van der Waals surface area contributed by atoms with Crippen molar-refractivity contribution >= 4 is 28.8 Å². The maximum atomic E-state index is 13.1. The molecular weight excluding hydrogens is 360 g/mol. The molecule has 3 rings (SSSR count). The third-order valence-electron chi connectivity index (χ3n) is 5.11. The molecule has 6 heteroatoms. The Kier molecular flexibility index (Phi) is 6.29. The highest BCUT2D eigenvalue weighted by atomic mass is 32.1. The average Bonchev–Trinajstić information content (AvgIpc) is 3.30. The van der Waals surface area contributed by atoms with Gasteiger partial charge in [-0.15, -0.1) is 0 Å². The van der Waals surface area contributed by atoms with Gasteiger partial charge >= 0.3 is 0 Å². The third kappa shape index (κ3) is 4.57. The van der Waals surface area contributed by atoms with Crippen molar-refractivity contribution in [2.75, 3.05) is 31.7 Å². The van der Waals surface area contributed by atoms with Gasteiger partial charge in [0.05, 0.1) is 12.5 Å². The zero-order valence-corrected chi connectivity index (χ0v) is 16.9. The van der Waals surface area contributed by atoms with Crippen molar-refractivity contribution in [1.29, 1.82) is 0 Å². The van der Waals surface area contributed by atoms with Gasteiger partial charge in [0.25, 0.3) is 0 Å². The maximum absolute atomic E-state index is 13.1. The van der Waals surface area contributed by atoms with E-state index in [4.69, 9.17) is 4.74 Å². The van der Waals surface area contributed by atoms with Crippen LogP contribution in [-0.2, 0) is 20.9 Å². The number of anilines is 1. The summed E-state index contributed by atoms with van der Waals surface area (Å²) >= 11 is 1.62. The van der Waals surface area contributed by atoms with E-state index in [1.807, 2.05) is 46.8 Å². The number of methoxy groups -OCH3 is 1. The Morgan fingerprint density at radius 3 is 2.78 bits per heavy atom. The van der Waals surface area contributed by atoms with Crippen LogP contribution >= 0.6 is 11.3 Å². The minimum atomic E-state index is -0.311. The Bertz CT molecular complexity index is 804. The molecule has 27 heavy (non-hydrogen) atoms. The molecule has 1 atom stereocenters. The number of rotatable bonds is 7. The van der Waals surface area contributed by atoms with Gasteiger partial charge < -0.3 is 14.5 Å². The number of carbonyl (C=O) groups excluding carboxylic acids is 2. The van der Waals surface area contributed by atoms with E-state index in [9.17, 15) is 9.59 Å². The fraction of sp³-hybridized carbons (Fsp3) is 0.429. The van der Waals surface area contributed by atoms with Crippen LogP contribution in [0.1, 0.15) is 23.1 Å². The van der Waals surface area contributed by atoms with E-state index in [-0.39, 0.29) is 24.2 Å². The lowest BCUT2D eigenvalue weighted by atomic mass is 10.1. The van der Waals surface area contributed by atoms with Crippen molar-refractivity contribution in [2.45, 2.75) is 26.8 Å². The zero-order chi connectivity index (χ0) is 19.4. The molecule has 0 spiro atoms. The SMILES string of the molecule is COCCN(Cc1ccsc1)C(=O)C1CC(=O)N(c2ccc(C)c(C)c2)C1. The Morgan fingerprint density at radius 1 is 1.30 bits per heavy atom. The highest BCUT2D eigenvalue weighted by Crippen LogP contribution is 2.28. The van der Waals surface area contributed by atoms with E-state index >= 15 is 0 Å². The molecule has 1 saturated heterocycles. The number of amides is 2. The Morgan fingerprint density at radius 2 is 2.11 bits per heavy atom. The molecule has 0 N–H and O–H groups in total. The molecule has 1 aromatic heterocycles. The smallest absolute Gasteiger partial charge is 0.228 e. The first-order valence-electron chi connectivity index (χ1n) is 9.16. The second kappa shape index (κ2) is 8.67. The van der Waals surface area contributed by atoms with Crippen LogP contribution in [0.3, 0.4) is 0 Å². The van der Waals surface area contributed by atoms with E-state index in [0.717, 1.165) is 16.8 Å². The summed E-state index contributed by atoms with van der Waals surface area (Å²) in [6.07, 6.45) is 0.263. The van der Waals surface area contributed by atoms with Crippen LogP contribution in [0.15, 0.2) is 35.0 Å². The van der Waals surface area contributed by atoms with Gasteiger partial charge in [0.2, 0.25) is 11.8 Å². The highest BCUT2D eigenvalue weighted by Gasteiger charge is 2.37. The molecule has 1 aliphatic rings. The fourth-order valence-electron chi connectivity index (χ4n) is 3.35. The van der Waals surface area contributed by atoms with Gasteiger partial charge in [0, 0.05) is 38.9 Å².